The van der Waals surface area contributed by atoms with Gasteiger partial charge in [0.05, 0.1) is 30.9 Å². The number of aryl methyl sites for hydroxylation is 1. The van der Waals surface area contributed by atoms with E-state index in [4.69, 9.17) is 16.2 Å². The van der Waals surface area contributed by atoms with E-state index in [-0.39, 0.29) is 12.2 Å². The van der Waals surface area contributed by atoms with Crippen LogP contribution in [0.1, 0.15) is 32.4 Å². The molecule has 5 N–H and O–H groups in total. The molecule has 0 aliphatic carbocycles. The number of aromatic nitrogens is 2. The number of primary amides is 1. The molecule has 0 atom stereocenters. The first kappa shape index (κ1) is 27.9. The zero-order valence-corrected chi connectivity index (χ0v) is 20.2. The number of rotatable bonds is 9. The summed E-state index contributed by atoms with van der Waals surface area (Å²) >= 11 is 0. The van der Waals surface area contributed by atoms with Crippen LogP contribution in [0.4, 0.5) is 18.9 Å². The quantitative estimate of drug-likeness (QED) is 0.272. The number of anilines is 1. The SMILES string of the molecule is C=C1CCOCCN1CCCN=C(N=CN)C(=CNc1cn(C(C)(C)C(N)=O)nc1C)C(F)(F)F. The fourth-order valence-corrected chi connectivity index (χ4v) is 3.19. The molecular weight excluding hydrogens is 465 g/mol. The van der Waals surface area contributed by atoms with Crippen LogP contribution < -0.4 is 16.8 Å². The van der Waals surface area contributed by atoms with Gasteiger partial charge in [-0.05, 0) is 27.2 Å². The molecule has 1 aliphatic rings. The number of alkyl halides is 3. The van der Waals surface area contributed by atoms with Crippen LogP contribution in [0.2, 0.25) is 0 Å². The van der Waals surface area contributed by atoms with Crippen molar-refractivity contribution in [3.05, 3.63) is 35.9 Å². The molecule has 1 aromatic rings. The number of carbonyl (C=O) groups excluding carboxylic acids is 1. The average molecular weight is 499 g/mol. The summed E-state index contributed by atoms with van der Waals surface area (Å²) in [5.74, 6) is -1.19. The van der Waals surface area contributed by atoms with Gasteiger partial charge in [0.25, 0.3) is 0 Å². The first-order valence-corrected chi connectivity index (χ1v) is 11.1. The Kier molecular flexibility index (Phi) is 9.46. The van der Waals surface area contributed by atoms with Crippen LogP contribution in [0.5, 0.6) is 0 Å². The van der Waals surface area contributed by atoms with E-state index in [0.29, 0.717) is 44.8 Å². The van der Waals surface area contributed by atoms with E-state index >= 15 is 0 Å². The third-order valence-corrected chi connectivity index (χ3v) is 5.53. The summed E-state index contributed by atoms with van der Waals surface area (Å²) in [5, 5.41) is 6.78. The molecule has 1 saturated heterocycles. The number of aliphatic imine (C=N–C) groups is 2. The number of hydrogen-bond acceptors (Lipinski definition) is 6. The second-order valence-corrected chi connectivity index (χ2v) is 8.45. The number of ether oxygens (including phenoxy) is 1. The molecule has 13 heteroatoms. The van der Waals surface area contributed by atoms with E-state index in [2.05, 4.69) is 27.0 Å². The molecule has 1 aromatic heterocycles. The zero-order chi connectivity index (χ0) is 26.2. The van der Waals surface area contributed by atoms with Gasteiger partial charge in [-0.2, -0.15) is 18.3 Å². The lowest BCUT2D eigenvalue weighted by Crippen LogP contribution is -2.41. The van der Waals surface area contributed by atoms with Crippen LogP contribution in [-0.2, 0) is 15.1 Å². The number of amides is 1. The topological polar surface area (TPSA) is 136 Å². The van der Waals surface area contributed by atoms with E-state index in [0.717, 1.165) is 18.2 Å². The third kappa shape index (κ3) is 7.57. The highest BCUT2D eigenvalue weighted by Crippen LogP contribution is 2.28. The van der Waals surface area contributed by atoms with E-state index in [1.807, 2.05) is 4.90 Å². The molecule has 2 heterocycles. The molecule has 0 radical (unpaired) electrons. The summed E-state index contributed by atoms with van der Waals surface area (Å²) < 4.78 is 48.3. The summed E-state index contributed by atoms with van der Waals surface area (Å²) in [5.41, 5.74) is 10.00. The van der Waals surface area contributed by atoms with Crippen LogP contribution >= 0.6 is 0 Å². The smallest absolute Gasteiger partial charge is 0.390 e. The van der Waals surface area contributed by atoms with Gasteiger partial charge in [0.15, 0.2) is 5.84 Å². The molecule has 0 unspecified atom stereocenters. The van der Waals surface area contributed by atoms with Gasteiger partial charge in [-0.3, -0.25) is 14.5 Å². The summed E-state index contributed by atoms with van der Waals surface area (Å²) in [6.07, 6.45) is -0.618. The fourth-order valence-electron chi connectivity index (χ4n) is 3.19. The van der Waals surface area contributed by atoms with Gasteiger partial charge in [0, 0.05) is 44.1 Å². The Morgan fingerprint density at radius 1 is 1.37 bits per heavy atom. The highest BCUT2D eigenvalue weighted by Gasteiger charge is 2.37. The molecule has 0 spiro atoms. The van der Waals surface area contributed by atoms with Crippen molar-refractivity contribution < 1.29 is 22.7 Å². The molecule has 0 bridgehead atoms. The van der Waals surface area contributed by atoms with Crippen molar-refractivity contribution in [1.82, 2.24) is 14.7 Å². The maximum Gasteiger partial charge on any atom is 0.421 e. The van der Waals surface area contributed by atoms with E-state index in [1.54, 1.807) is 20.8 Å². The number of amidine groups is 1. The minimum atomic E-state index is -4.76. The summed E-state index contributed by atoms with van der Waals surface area (Å²) in [6.45, 7) is 11.3. The number of nitrogens with two attached hydrogens (primary N) is 2. The number of halogens is 3. The lowest BCUT2D eigenvalue weighted by atomic mass is 10.1. The number of carbonyl (C=O) groups is 1. The van der Waals surface area contributed by atoms with Gasteiger partial charge >= 0.3 is 6.18 Å². The second kappa shape index (κ2) is 11.9. The Morgan fingerprint density at radius 2 is 2.09 bits per heavy atom. The first-order valence-electron chi connectivity index (χ1n) is 11.1. The Labute approximate surface area is 202 Å². The Morgan fingerprint density at radius 3 is 2.71 bits per heavy atom. The van der Waals surface area contributed by atoms with E-state index in [1.165, 1.54) is 10.9 Å². The van der Waals surface area contributed by atoms with Gasteiger partial charge < -0.3 is 26.4 Å². The van der Waals surface area contributed by atoms with E-state index in [9.17, 15) is 18.0 Å². The van der Waals surface area contributed by atoms with Gasteiger partial charge in [0.1, 0.15) is 11.1 Å². The molecule has 35 heavy (non-hydrogen) atoms. The van der Waals surface area contributed by atoms with Crippen molar-refractivity contribution in [3.8, 4) is 0 Å². The number of nitrogens with one attached hydrogen (secondary N) is 1. The summed E-state index contributed by atoms with van der Waals surface area (Å²) in [4.78, 5) is 21.4. The standard InChI is InChI=1S/C22H33F3N8O2/c1-15-6-10-35-11-9-32(15)8-5-7-28-19(30-14-26)17(22(23,24)25)12-29-18-13-33(31-16(18)2)21(3,4)20(27)34/h12-14,29H,1,5-11H2,2-4H3,(H2,27,34)(H2,26,28,30). The second-order valence-electron chi connectivity index (χ2n) is 8.45. The first-order chi connectivity index (χ1) is 16.4. The highest BCUT2D eigenvalue weighted by molar-refractivity contribution is 6.03. The van der Waals surface area contributed by atoms with Crippen molar-refractivity contribution in [2.24, 2.45) is 21.5 Å². The molecule has 0 saturated carbocycles. The average Bonchev–Trinajstić information content (AvgIpc) is 3.02. The summed E-state index contributed by atoms with van der Waals surface area (Å²) in [6, 6.07) is 0. The molecular formula is C22H33F3N8O2. The van der Waals surface area contributed by atoms with Gasteiger partial charge in [-0.1, -0.05) is 6.58 Å². The molecule has 0 aromatic carbocycles. The van der Waals surface area contributed by atoms with Crippen LogP contribution in [0.15, 0.2) is 40.2 Å². The monoisotopic (exact) mass is 498 g/mol. The third-order valence-electron chi connectivity index (χ3n) is 5.53. The predicted molar refractivity (Wildman–Crippen MR) is 129 cm³/mol. The lowest BCUT2D eigenvalue weighted by Gasteiger charge is -2.23. The van der Waals surface area contributed by atoms with Gasteiger partial charge in [-0.15, -0.1) is 0 Å². The largest absolute Gasteiger partial charge is 0.421 e. The van der Waals surface area contributed by atoms with Crippen molar-refractivity contribution in [2.75, 3.05) is 38.2 Å². The van der Waals surface area contributed by atoms with Crippen molar-refractivity contribution in [1.29, 1.82) is 0 Å². The number of hydrogen-bond donors (Lipinski definition) is 3. The van der Waals surface area contributed by atoms with Gasteiger partial charge in [-0.25, -0.2) is 4.99 Å². The zero-order valence-electron chi connectivity index (χ0n) is 20.2. The van der Waals surface area contributed by atoms with Crippen LogP contribution in [0.3, 0.4) is 0 Å². The molecule has 1 amide bonds. The highest BCUT2D eigenvalue weighted by atomic mass is 19.4. The normalized spacial score (nSPS) is 16.6. The molecule has 10 nitrogen and oxygen atoms in total. The van der Waals surface area contributed by atoms with Crippen molar-refractivity contribution >= 4 is 23.8 Å². The minimum Gasteiger partial charge on any atom is -0.390 e. The Hall–Kier alpha value is -3.35. The Bertz CT molecular complexity index is 995. The minimum absolute atomic E-state index is 0.106. The lowest BCUT2D eigenvalue weighted by molar-refractivity contribution is -0.125. The number of nitrogens with zero attached hydrogens (tertiary/aromatic N) is 5. The Balaban J connectivity index is 2.21. The van der Waals surface area contributed by atoms with Crippen molar-refractivity contribution in [2.45, 2.75) is 45.3 Å². The molecule has 194 valence electrons. The van der Waals surface area contributed by atoms with Crippen LogP contribution in [0.25, 0.3) is 0 Å². The van der Waals surface area contributed by atoms with Crippen molar-refractivity contribution in [3.63, 3.8) is 0 Å². The van der Waals surface area contributed by atoms with E-state index < -0.39 is 29.0 Å². The molecule has 1 aliphatic heterocycles. The van der Waals surface area contributed by atoms with Crippen LogP contribution in [0, 0.1) is 6.92 Å². The molecule has 2 rings (SSSR count). The predicted octanol–water partition coefficient (Wildman–Crippen LogP) is 2.28. The summed E-state index contributed by atoms with van der Waals surface area (Å²) in [7, 11) is 0. The van der Waals surface area contributed by atoms with Crippen LogP contribution in [-0.4, -0.2) is 71.8 Å². The maximum absolute atomic E-state index is 13.9. The fraction of sp³-hybridized carbons (Fsp3) is 0.545. The molecule has 1 fully saturated rings. The maximum atomic E-state index is 13.9. The van der Waals surface area contributed by atoms with Gasteiger partial charge in [0.2, 0.25) is 5.91 Å².